The maximum atomic E-state index is 5.79. The van der Waals surface area contributed by atoms with Crippen LogP contribution in [0.4, 0.5) is 11.4 Å². The molecular weight excluding hydrogens is 514 g/mol. The smallest absolute Gasteiger partial charge is 0.231 e. The number of nitrogens with one attached hydrogen (secondary N) is 1. The van der Waals surface area contributed by atoms with E-state index in [4.69, 9.17) is 9.47 Å². The lowest BCUT2D eigenvalue weighted by Crippen LogP contribution is -2.26. The van der Waals surface area contributed by atoms with Gasteiger partial charge in [0.1, 0.15) is 0 Å². The Hall–Kier alpha value is -3.46. The van der Waals surface area contributed by atoms with Crippen LogP contribution in [0.3, 0.4) is 0 Å². The molecule has 1 heterocycles. The zero-order chi connectivity index (χ0) is 29.7. The molecule has 2 unspecified atom stereocenters. The van der Waals surface area contributed by atoms with Crippen LogP contribution >= 0.6 is 0 Å². The fourth-order valence-corrected chi connectivity index (χ4v) is 6.87. The van der Waals surface area contributed by atoms with Gasteiger partial charge in [-0.2, -0.15) is 0 Å². The number of hydrogen-bond donors (Lipinski definition) is 1. The van der Waals surface area contributed by atoms with Crippen molar-refractivity contribution in [2.75, 3.05) is 12.1 Å². The molecule has 3 heteroatoms. The van der Waals surface area contributed by atoms with Gasteiger partial charge in [0.05, 0.1) is 0 Å². The van der Waals surface area contributed by atoms with Crippen molar-refractivity contribution < 1.29 is 9.47 Å². The van der Waals surface area contributed by atoms with Crippen LogP contribution in [0.25, 0.3) is 10.8 Å². The van der Waals surface area contributed by atoms with Crippen LogP contribution < -0.4 is 14.8 Å². The second-order valence-corrected chi connectivity index (χ2v) is 13.0. The minimum atomic E-state index is 0.158. The van der Waals surface area contributed by atoms with Gasteiger partial charge < -0.3 is 14.8 Å². The molecule has 4 aromatic carbocycles. The van der Waals surface area contributed by atoms with Crippen molar-refractivity contribution in [3.8, 4) is 11.5 Å². The number of benzene rings is 4. The fourth-order valence-electron chi connectivity index (χ4n) is 6.87. The number of anilines is 2. The van der Waals surface area contributed by atoms with Crippen LogP contribution in [0.5, 0.6) is 11.5 Å². The molecule has 0 aromatic heterocycles. The van der Waals surface area contributed by atoms with Crippen LogP contribution in [0, 0.1) is 10.8 Å². The monoisotopic (exact) mass is 563 g/mol. The molecule has 0 fully saturated rings. The highest BCUT2D eigenvalue weighted by Crippen LogP contribution is 2.46. The minimum Gasteiger partial charge on any atom is -0.454 e. The molecule has 4 aromatic rings. The van der Waals surface area contributed by atoms with Gasteiger partial charge in [-0.15, -0.1) is 0 Å². The lowest BCUT2D eigenvalue weighted by molar-refractivity contribution is 0.173. The van der Waals surface area contributed by atoms with Crippen molar-refractivity contribution in [2.24, 2.45) is 10.8 Å². The summed E-state index contributed by atoms with van der Waals surface area (Å²) in [5, 5.41) is 6.37. The predicted molar refractivity (Wildman–Crippen MR) is 178 cm³/mol. The Morgan fingerprint density at radius 1 is 0.762 bits per heavy atom. The highest BCUT2D eigenvalue weighted by Gasteiger charge is 2.33. The standard InChI is InChI=1S/C39H49NO2/c1-7-20-38(5,8-2)26-28-14-13-16-32(22-28)40-35-24-29(21-30-15-11-12-17-33(30)35)23-34(39(6,9-3)10-4)31-18-19-36-37(25-31)42-27-41-36/h11-19,21-22,24-25,34,40H,7-10,20,23,26-27H2,1-6H3. The Morgan fingerprint density at radius 3 is 2.31 bits per heavy atom. The fraction of sp³-hybridized carbons (Fsp3) is 0.436. The summed E-state index contributed by atoms with van der Waals surface area (Å²) in [5.74, 6) is 2.07. The largest absolute Gasteiger partial charge is 0.454 e. The summed E-state index contributed by atoms with van der Waals surface area (Å²) in [5.41, 5.74) is 6.91. The molecule has 0 bridgehead atoms. The molecule has 2 atom stereocenters. The molecule has 1 aliphatic heterocycles. The summed E-state index contributed by atoms with van der Waals surface area (Å²) in [6.45, 7) is 14.5. The first kappa shape index (κ1) is 30.0. The van der Waals surface area contributed by atoms with Gasteiger partial charge in [-0.05, 0) is 88.4 Å². The quantitative estimate of drug-likeness (QED) is 0.175. The molecule has 0 amide bonds. The maximum absolute atomic E-state index is 5.79. The van der Waals surface area contributed by atoms with Crippen molar-refractivity contribution in [1.29, 1.82) is 0 Å². The van der Waals surface area contributed by atoms with Crippen LogP contribution in [0.2, 0.25) is 0 Å². The van der Waals surface area contributed by atoms with E-state index in [0.29, 0.717) is 18.1 Å². The van der Waals surface area contributed by atoms with Crippen molar-refractivity contribution >= 4 is 22.1 Å². The number of ether oxygens (including phenoxy) is 2. The van der Waals surface area contributed by atoms with E-state index in [2.05, 4.69) is 126 Å². The van der Waals surface area contributed by atoms with E-state index >= 15 is 0 Å². The number of rotatable bonds is 13. The summed E-state index contributed by atoms with van der Waals surface area (Å²) in [7, 11) is 0. The lowest BCUT2D eigenvalue weighted by atomic mass is 9.67. The summed E-state index contributed by atoms with van der Waals surface area (Å²) in [4.78, 5) is 0. The lowest BCUT2D eigenvalue weighted by Gasteiger charge is -2.37. The van der Waals surface area contributed by atoms with Crippen molar-refractivity contribution in [3.63, 3.8) is 0 Å². The molecule has 42 heavy (non-hydrogen) atoms. The Balaban J connectivity index is 1.50. The van der Waals surface area contributed by atoms with Gasteiger partial charge in [-0.1, -0.05) is 116 Å². The zero-order valence-electron chi connectivity index (χ0n) is 26.6. The molecule has 0 saturated heterocycles. The Kier molecular flexibility index (Phi) is 9.16. The van der Waals surface area contributed by atoms with Crippen molar-refractivity contribution in [1.82, 2.24) is 0 Å². The summed E-state index contributed by atoms with van der Waals surface area (Å²) >= 11 is 0. The normalized spacial score (nSPS) is 15.0. The van der Waals surface area contributed by atoms with E-state index in [1.54, 1.807) is 0 Å². The highest BCUT2D eigenvalue weighted by atomic mass is 16.7. The second kappa shape index (κ2) is 12.8. The Morgan fingerprint density at radius 2 is 1.55 bits per heavy atom. The van der Waals surface area contributed by atoms with Crippen molar-refractivity contribution in [2.45, 2.75) is 92.4 Å². The zero-order valence-corrected chi connectivity index (χ0v) is 26.6. The third-order valence-electron chi connectivity index (χ3n) is 10.2. The summed E-state index contributed by atoms with van der Waals surface area (Å²) in [6, 6.07) is 29.1. The average molecular weight is 564 g/mol. The third kappa shape index (κ3) is 6.46. The number of hydrogen-bond acceptors (Lipinski definition) is 3. The molecule has 0 radical (unpaired) electrons. The highest BCUT2D eigenvalue weighted by molar-refractivity contribution is 5.96. The molecule has 0 spiro atoms. The Bertz CT molecular complexity index is 1500. The van der Waals surface area contributed by atoms with Gasteiger partial charge in [0, 0.05) is 16.8 Å². The average Bonchev–Trinajstić information content (AvgIpc) is 3.48. The van der Waals surface area contributed by atoms with E-state index < -0.39 is 0 Å². The second-order valence-electron chi connectivity index (χ2n) is 13.0. The summed E-state index contributed by atoms with van der Waals surface area (Å²) < 4.78 is 11.4. The maximum Gasteiger partial charge on any atom is 0.231 e. The Labute approximate surface area is 253 Å². The van der Waals surface area contributed by atoms with Gasteiger partial charge in [0.2, 0.25) is 6.79 Å². The molecule has 1 N–H and O–H groups in total. The first-order chi connectivity index (χ1) is 20.3. The molecule has 0 saturated carbocycles. The summed E-state index contributed by atoms with van der Waals surface area (Å²) in [6.07, 6.45) is 7.98. The third-order valence-corrected chi connectivity index (χ3v) is 10.2. The first-order valence-corrected chi connectivity index (χ1v) is 16.1. The van der Waals surface area contributed by atoms with Gasteiger partial charge in [-0.3, -0.25) is 0 Å². The van der Waals surface area contributed by atoms with E-state index in [1.807, 2.05) is 0 Å². The van der Waals surface area contributed by atoms with Crippen LogP contribution in [0.1, 0.15) is 96.3 Å². The van der Waals surface area contributed by atoms with E-state index in [-0.39, 0.29) is 5.41 Å². The SMILES string of the molecule is CCCC(C)(CC)Cc1cccc(Nc2cc(CC(c3ccc4c(c3)OCO4)C(C)(CC)CC)cc3ccccc23)c1. The minimum absolute atomic E-state index is 0.158. The van der Waals surface area contributed by atoms with Gasteiger partial charge in [0.25, 0.3) is 0 Å². The number of fused-ring (bicyclic) bond motifs is 2. The van der Waals surface area contributed by atoms with E-state index in [9.17, 15) is 0 Å². The molecule has 222 valence electrons. The van der Waals surface area contributed by atoms with Gasteiger partial charge in [0.15, 0.2) is 11.5 Å². The molecule has 3 nitrogen and oxygen atoms in total. The van der Waals surface area contributed by atoms with Crippen LogP contribution in [0.15, 0.2) is 78.9 Å². The van der Waals surface area contributed by atoms with E-state index in [0.717, 1.165) is 42.9 Å². The van der Waals surface area contributed by atoms with Gasteiger partial charge >= 0.3 is 0 Å². The van der Waals surface area contributed by atoms with E-state index in [1.165, 1.54) is 52.4 Å². The topological polar surface area (TPSA) is 30.5 Å². The molecule has 0 aliphatic carbocycles. The molecule has 1 aliphatic rings. The van der Waals surface area contributed by atoms with Crippen LogP contribution in [-0.4, -0.2) is 6.79 Å². The van der Waals surface area contributed by atoms with Gasteiger partial charge in [-0.25, -0.2) is 0 Å². The molecular formula is C39H49NO2. The first-order valence-electron chi connectivity index (χ1n) is 16.1. The van der Waals surface area contributed by atoms with Crippen molar-refractivity contribution in [3.05, 3.63) is 95.6 Å². The molecule has 5 rings (SSSR count). The van der Waals surface area contributed by atoms with Crippen LogP contribution in [-0.2, 0) is 12.8 Å². The predicted octanol–water partition coefficient (Wildman–Crippen LogP) is 11.2.